The van der Waals surface area contributed by atoms with Gasteiger partial charge in [-0.05, 0) is 31.9 Å². The van der Waals surface area contributed by atoms with Crippen LogP contribution in [0.4, 0.5) is 14.5 Å². The highest BCUT2D eigenvalue weighted by atomic mass is 19.1. The molecular weight excluding hydrogens is 262 g/mol. The summed E-state index contributed by atoms with van der Waals surface area (Å²) in [5.74, 6) is -1.46. The summed E-state index contributed by atoms with van der Waals surface area (Å²) in [5, 5.41) is 2.65. The Kier molecular flexibility index (Phi) is 4.93. The minimum atomic E-state index is -0.680. The summed E-state index contributed by atoms with van der Waals surface area (Å²) in [5.41, 5.74) is -0.233. The van der Waals surface area contributed by atoms with E-state index in [1.807, 2.05) is 0 Å². The van der Waals surface area contributed by atoms with Crippen molar-refractivity contribution in [1.82, 2.24) is 4.90 Å². The van der Waals surface area contributed by atoms with Gasteiger partial charge in [-0.3, -0.25) is 4.79 Å². The number of rotatable bonds is 3. The molecule has 1 aliphatic heterocycles. The molecule has 0 aliphatic carbocycles. The lowest BCUT2D eigenvalue weighted by molar-refractivity contribution is -0.131. The van der Waals surface area contributed by atoms with Crippen LogP contribution in [0, 0.1) is 11.6 Å². The first-order valence-corrected chi connectivity index (χ1v) is 7.09. The predicted molar refractivity (Wildman–Crippen MR) is 74.5 cm³/mol. The van der Waals surface area contributed by atoms with Crippen molar-refractivity contribution in [2.45, 2.75) is 38.6 Å². The Morgan fingerprint density at radius 1 is 1.15 bits per heavy atom. The number of para-hydroxylation sites is 1. The molecule has 5 heteroatoms. The minimum Gasteiger partial charge on any atom is -0.369 e. The van der Waals surface area contributed by atoms with E-state index in [9.17, 15) is 13.6 Å². The van der Waals surface area contributed by atoms with Gasteiger partial charge in [-0.25, -0.2) is 8.78 Å². The average molecular weight is 282 g/mol. The fraction of sp³-hybridized carbons (Fsp3) is 0.533. The van der Waals surface area contributed by atoms with Gasteiger partial charge in [-0.15, -0.1) is 0 Å². The topological polar surface area (TPSA) is 32.3 Å². The maximum absolute atomic E-state index is 13.6. The summed E-state index contributed by atoms with van der Waals surface area (Å²) in [6, 6.07) is 3.01. The van der Waals surface area contributed by atoms with Gasteiger partial charge in [0.2, 0.25) is 5.91 Å². The minimum absolute atomic E-state index is 0.102. The first-order chi connectivity index (χ1) is 9.59. The van der Waals surface area contributed by atoms with E-state index in [1.165, 1.54) is 18.2 Å². The quantitative estimate of drug-likeness (QED) is 0.923. The van der Waals surface area contributed by atoms with Crippen molar-refractivity contribution >= 4 is 11.6 Å². The molecule has 1 unspecified atom stereocenters. The van der Waals surface area contributed by atoms with E-state index in [1.54, 1.807) is 11.8 Å². The van der Waals surface area contributed by atoms with Gasteiger partial charge in [-0.2, -0.15) is 0 Å². The van der Waals surface area contributed by atoms with Gasteiger partial charge < -0.3 is 10.2 Å². The third kappa shape index (κ3) is 3.46. The lowest BCUT2D eigenvalue weighted by Gasteiger charge is -2.25. The molecule has 0 radical (unpaired) electrons. The van der Waals surface area contributed by atoms with E-state index in [4.69, 9.17) is 0 Å². The number of hydrogen-bond acceptors (Lipinski definition) is 2. The standard InChI is InChI=1S/C15H20F2N2O/c1-11(15(20)19-9-4-2-3-5-10-19)18-14-12(16)7-6-8-13(14)17/h6-8,11,18H,2-5,9-10H2,1H3. The molecular formula is C15H20F2N2O. The second-order valence-electron chi connectivity index (χ2n) is 5.20. The molecule has 0 bridgehead atoms. The number of likely N-dealkylation sites (tertiary alicyclic amines) is 1. The SMILES string of the molecule is CC(Nc1c(F)cccc1F)C(=O)N1CCCCCC1. The largest absolute Gasteiger partial charge is 0.369 e. The van der Waals surface area contributed by atoms with Crippen LogP contribution in [0.15, 0.2) is 18.2 Å². The lowest BCUT2D eigenvalue weighted by Crippen LogP contribution is -2.42. The summed E-state index contributed by atoms with van der Waals surface area (Å²) in [4.78, 5) is 14.1. The second kappa shape index (κ2) is 6.68. The van der Waals surface area contributed by atoms with Crippen LogP contribution in [0.5, 0.6) is 0 Å². The maximum Gasteiger partial charge on any atom is 0.244 e. The van der Waals surface area contributed by atoms with E-state index < -0.39 is 17.7 Å². The number of anilines is 1. The molecule has 1 amide bonds. The first-order valence-electron chi connectivity index (χ1n) is 7.09. The summed E-state index contributed by atoms with van der Waals surface area (Å²) < 4.78 is 27.1. The lowest BCUT2D eigenvalue weighted by atomic mass is 10.2. The number of carbonyl (C=O) groups excluding carboxylic acids is 1. The van der Waals surface area contributed by atoms with Crippen molar-refractivity contribution in [3.8, 4) is 0 Å². The van der Waals surface area contributed by atoms with E-state index in [0.29, 0.717) is 0 Å². The Morgan fingerprint density at radius 3 is 2.25 bits per heavy atom. The first kappa shape index (κ1) is 14.8. The summed E-state index contributed by atoms with van der Waals surface area (Å²) in [7, 11) is 0. The number of benzene rings is 1. The second-order valence-corrected chi connectivity index (χ2v) is 5.20. The molecule has 1 saturated heterocycles. The summed E-state index contributed by atoms with van der Waals surface area (Å²) >= 11 is 0. The molecule has 2 rings (SSSR count). The zero-order chi connectivity index (χ0) is 14.5. The Hall–Kier alpha value is -1.65. The van der Waals surface area contributed by atoms with Gasteiger partial charge >= 0.3 is 0 Å². The van der Waals surface area contributed by atoms with Crippen LogP contribution < -0.4 is 5.32 Å². The number of amides is 1. The highest BCUT2D eigenvalue weighted by molar-refractivity contribution is 5.84. The number of halogens is 2. The summed E-state index contributed by atoms with van der Waals surface area (Å²) in [6.45, 7) is 3.09. The van der Waals surface area contributed by atoms with Gasteiger partial charge in [0.05, 0.1) is 0 Å². The van der Waals surface area contributed by atoms with Gasteiger partial charge in [0.25, 0.3) is 0 Å². The van der Waals surface area contributed by atoms with Crippen molar-refractivity contribution in [3.63, 3.8) is 0 Å². The number of nitrogens with zero attached hydrogens (tertiary/aromatic N) is 1. The number of hydrogen-bond donors (Lipinski definition) is 1. The fourth-order valence-corrected chi connectivity index (χ4v) is 2.48. The van der Waals surface area contributed by atoms with Gasteiger partial charge in [0, 0.05) is 13.1 Å². The molecule has 0 spiro atoms. The van der Waals surface area contributed by atoms with E-state index in [0.717, 1.165) is 38.8 Å². The van der Waals surface area contributed by atoms with Gasteiger partial charge in [0.1, 0.15) is 23.4 Å². The zero-order valence-corrected chi connectivity index (χ0v) is 11.7. The van der Waals surface area contributed by atoms with Gasteiger partial charge in [-0.1, -0.05) is 18.9 Å². The Morgan fingerprint density at radius 2 is 1.70 bits per heavy atom. The molecule has 1 atom stereocenters. The Bertz CT molecular complexity index is 451. The van der Waals surface area contributed by atoms with Crippen LogP contribution >= 0.6 is 0 Å². The molecule has 0 aromatic heterocycles. The molecule has 1 N–H and O–H groups in total. The van der Waals surface area contributed by atoms with E-state index in [2.05, 4.69) is 5.32 Å². The smallest absolute Gasteiger partial charge is 0.244 e. The molecule has 0 saturated carbocycles. The Labute approximate surface area is 118 Å². The van der Waals surface area contributed by atoms with Crippen molar-refractivity contribution in [1.29, 1.82) is 0 Å². The molecule has 110 valence electrons. The molecule has 1 fully saturated rings. The van der Waals surface area contributed by atoms with E-state index in [-0.39, 0.29) is 11.6 Å². The molecule has 3 nitrogen and oxygen atoms in total. The van der Waals surface area contributed by atoms with Crippen molar-refractivity contribution < 1.29 is 13.6 Å². The number of carbonyl (C=O) groups is 1. The molecule has 1 aromatic carbocycles. The Balaban J connectivity index is 2.03. The molecule has 20 heavy (non-hydrogen) atoms. The average Bonchev–Trinajstić information content (AvgIpc) is 2.71. The van der Waals surface area contributed by atoms with Gasteiger partial charge in [0.15, 0.2) is 0 Å². The third-order valence-electron chi connectivity index (χ3n) is 3.61. The predicted octanol–water partition coefficient (Wildman–Crippen LogP) is 3.17. The van der Waals surface area contributed by atoms with Crippen LogP contribution in [0.1, 0.15) is 32.6 Å². The summed E-state index contributed by atoms with van der Waals surface area (Å²) in [6.07, 6.45) is 4.25. The molecule has 1 heterocycles. The van der Waals surface area contributed by atoms with Crippen LogP contribution in [0.25, 0.3) is 0 Å². The van der Waals surface area contributed by atoms with Crippen LogP contribution in [0.3, 0.4) is 0 Å². The zero-order valence-electron chi connectivity index (χ0n) is 11.7. The van der Waals surface area contributed by atoms with Crippen LogP contribution in [0.2, 0.25) is 0 Å². The monoisotopic (exact) mass is 282 g/mol. The van der Waals surface area contributed by atoms with Crippen molar-refractivity contribution in [2.75, 3.05) is 18.4 Å². The van der Waals surface area contributed by atoms with E-state index >= 15 is 0 Å². The number of nitrogens with one attached hydrogen (secondary N) is 1. The highest BCUT2D eigenvalue weighted by Crippen LogP contribution is 2.20. The van der Waals surface area contributed by atoms with Crippen molar-refractivity contribution in [3.05, 3.63) is 29.8 Å². The normalized spacial score (nSPS) is 17.4. The third-order valence-corrected chi connectivity index (χ3v) is 3.61. The van der Waals surface area contributed by atoms with Crippen LogP contribution in [-0.2, 0) is 4.79 Å². The van der Waals surface area contributed by atoms with Crippen LogP contribution in [-0.4, -0.2) is 29.9 Å². The molecule has 1 aromatic rings. The van der Waals surface area contributed by atoms with Crippen molar-refractivity contribution in [2.24, 2.45) is 0 Å². The molecule has 1 aliphatic rings. The maximum atomic E-state index is 13.6. The fourth-order valence-electron chi connectivity index (χ4n) is 2.48. The highest BCUT2D eigenvalue weighted by Gasteiger charge is 2.23.